The second kappa shape index (κ2) is 11.0. The molecule has 0 bridgehead atoms. The highest BCUT2D eigenvalue weighted by atomic mass is 16.4. The van der Waals surface area contributed by atoms with Crippen molar-refractivity contribution in [1.29, 1.82) is 0 Å². The molecule has 3 amide bonds. The van der Waals surface area contributed by atoms with Gasteiger partial charge in [0.15, 0.2) is 0 Å². The fourth-order valence-corrected chi connectivity index (χ4v) is 3.35. The molecule has 28 heavy (non-hydrogen) atoms. The number of nitrogens with zero attached hydrogens (tertiary/aromatic N) is 1. The second-order valence-corrected chi connectivity index (χ2v) is 8.23. The van der Waals surface area contributed by atoms with Crippen molar-refractivity contribution in [1.82, 2.24) is 15.5 Å². The van der Waals surface area contributed by atoms with Crippen molar-refractivity contribution in [2.24, 2.45) is 17.6 Å². The molecule has 9 heteroatoms. The molecule has 3 atom stereocenters. The maximum Gasteiger partial charge on any atom is 0.326 e. The van der Waals surface area contributed by atoms with Crippen LogP contribution in [0.25, 0.3) is 0 Å². The van der Waals surface area contributed by atoms with Gasteiger partial charge < -0.3 is 26.4 Å². The molecule has 1 rings (SSSR count). The minimum atomic E-state index is -1.11. The van der Waals surface area contributed by atoms with Crippen LogP contribution in [0.15, 0.2) is 0 Å². The summed E-state index contributed by atoms with van der Waals surface area (Å²) in [5, 5.41) is 14.1. The maximum absolute atomic E-state index is 12.5. The molecule has 0 aromatic carbocycles. The summed E-state index contributed by atoms with van der Waals surface area (Å²) in [7, 11) is 0. The summed E-state index contributed by atoms with van der Waals surface area (Å²) in [4.78, 5) is 49.7. The third-order valence-electron chi connectivity index (χ3n) is 4.64. The predicted octanol–water partition coefficient (Wildman–Crippen LogP) is 0.0825. The van der Waals surface area contributed by atoms with E-state index >= 15 is 0 Å². The molecule has 5 N–H and O–H groups in total. The first-order valence-electron chi connectivity index (χ1n) is 9.88. The summed E-state index contributed by atoms with van der Waals surface area (Å²) >= 11 is 0. The van der Waals surface area contributed by atoms with Crippen LogP contribution in [0.2, 0.25) is 0 Å². The van der Waals surface area contributed by atoms with Gasteiger partial charge in [0.05, 0.1) is 12.6 Å². The minimum absolute atomic E-state index is 0.101. The molecule has 1 aliphatic rings. The topological polar surface area (TPSA) is 142 Å². The van der Waals surface area contributed by atoms with Gasteiger partial charge in [0.25, 0.3) is 0 Å². The SMILES string of the molecule is CC(C)CC(N)C(=O)N1CCCC1C(=O)NCC(=O)NC(CC(C)C)C(=O)O. The van der Waals surface area contributed by atoms with Gasteiger partial charge in [0.2, 0.25) is 17.7 Å². The molecule has 0 spiro atoms. The quantitative estimate of drug-likeness (QED) is 0.411. The van der Waals surface area contributed by atoms with Gasteiger partial charge in [-0.15, -0.1) is 0 Å². The highest BCUT2D eigenvalue weighted by molar-refractivity contribution is 5.93. The Morgan fingerprint density at radius 2 is 1.71 bits per heavy atom. The number of amides is 3. The molecule has 1 heterocycles. The molecule has 9 nitrogen and oxygen atoms in total. The first-order valence-corrected chi connectivity index (χ1v) is 9.88. The number of nitrogens with two attached hydrogens (primary N) is 1. The van der Waals surface area contributed by atoms with E-state index in [4.69, 9.17) is 5.73 Å². The molecule has 0 aromatic heterocycles. The van der Waals surface area contributed by atoms with E-state index in [-0.39, 0.29) is 24.3 Å². The number of hydrogen-bond acceptors (Lipinski definition) is 5. The fourth-order valence-electron chi connectivity index (χ4n) is 3.35. The number of aliphatic carboxylic acids is 1. The van der Waals surface area contributed by atoms with E-state index in [1.807, 2.05) is 27.7 Å². The standard InChI is InChI=1S/C19H34N4O5/c1-11(2)8-13(20)18(26)23-7-5-6-15(23)17(25)21-10-16(24)22-14(19(27)28)9-12(3)4/h11-15H,5-10,20H2,1-4H3,(H,21,25)(H,22,24)(H,27,28). The molecule has 0 saturated carbocycles. The zero-order valence-electron chi connectivity index (χ0n) is 17.2. The Labute approximate surface area is 166 Å². The Balaban J connectivity index is 2.58. The number of hydrogen-bond donors (Lipinski definition) is 4. The van der Waals surface area contributed by atoms with E-state index in [1.54, 1.807) is 0 Å². The van der Waals surface area contributed by atoms with Crippen LogP contribution in [0.3, 0.4) is 0 Å². The van der Waals surface area contributed by atoms with Crippen molar-refractivity contribution in [3.8, 4) is 0 Å². The van der Waals surface area contributed by atoms with Gasteiger partial charge in [0, 0.05) is 6.54 Å². The lowest BCUT2D eigenvalue weighted by Gasteiger charge is -2.27. The molecule has 160 valence electrons. The lowest BCUT2D eigenvalue weighted by atomic mass is 10.0. The summed E-state index contributed by atoms with van der Waals surface area (Å²) in [5.74, 6) is -1.99. The molecule has 0 aliphatic carbocycles. The first kappa shape index (κ1) is 23.9. The Bertz CT molecular complexity index is 579. The number of rotatable bonds is 10. The van der Waals surface area contributed by atoms with Crippen molar-refractivity contribution in [3.63, 3.8) is 0 Å². The van der Waals surface area contributed by atoms with Gasteiger partial charge in [-0.3, -0.25) is 14.4 Å². The summed E-state index contributed by atoms with van der Waals surface area (Å²) in [5.41, 5.74) is 5.96. The first-order chi connectivity index (χ1) is 13.0. The van der Waals surface area contributed by atoms with Gasteiger partial charge >= 0.3 is 5.97 Å². The summed E-state index contributed by atoms with van der Waals surface area (Å²) in [6.07, 6.45) is 2.05. The Morgan fingerprint density at radius 3 is 2.25 bits per heavy atom. The molecular formula is C19H34N4O5. The zero-order valence-corrected chi connectivity index (χ0v) is 17.2. The van der Waals surface area contributed by atoms with Crippen LogP contribution in [0.1, 0.15) is 53.4 Å². The monoisotopic (exact) mass is 398 g/mol. The van der Waals surface area contributed by atoms with E-state index in [0.717, 1.165) is 0 Å². The fraction of sp³-hybridized carbons (Fsp3) is 0.789. The second-order valence-electron chi connectivity index (χ2n) is 8.23. The van der Waals surface area contributed by atoms with Crippen LogP contribution >= 0.6 is 0 Å². The number of carbonyl (C=O) groups is 4. The van der Waals surface area contributed by atoms with Crippen LogP contribution in [-0.2, 0) is 19.2 Å². The van der Waals surface area contributed by atoms with Crippen LogP contribution in [-0.4, -0.2) is 64.9 Å². The normalized spacial score (nSPS) is 18.8. The molecule has 0 radical (unpaired) electrons. The molecule has 0 aromatic rings. The van der Waals surface area contributed by atoms with Gasteiger partial charge in [-0.05, 0) is 37.5 Å². The molecular weight excluding hydrogens is 364 g/mol. The average Bonchev–Trinajstić information content (AvgIpc) is 3.06. The van der Waals surface area contributed by atoms with E-state index in [2.05, 4.69) is 10.6 Å². The number of nitrogens with one attached hydrogen (secondary N) is 2. The highest BCUT2D eigenvalue weighted by Gasteiger charge is 2.36. The number of carbonyl (C=O) groups excluding carboxylic acids is 3. The van der Waals surface area contributed by atoms with Crippen molar-refractivity contribution in [2.75, 3.05) is 13.1 Å². The van der Waals surface area contributed by atoms with Crippen molar-refractivity contribution in [3.05, 3.63) is 0 Å². The zero-order chi connectivity index (χ0) is 21.4. The largest absolute Gasteiger partial charge is 0.480 e. The molecule has 1 saturated heterocycles. The van der Waals surface area contributed by atoms with Crippen molar-refractivity contribution >= 4 is 23.7 Å². The average molecular weight is 399 g/mol. The number of carboxylic acid groups (broad SMARTS) is 1. The van der Waals surface area contributed by atoms with Crippen LogP contribution in [0.5, 0.6) is 0 Å². The lowest BCUT2D eigenvalue weighted by molar-refractivity contribution is -0.142. The maximum atomic E-state index is 12.5. The van der Waals surface area contributed by atoms with Gasteiger partial charge in [-0.1, -0.05) is 27.7 Å². The van der Waals surface area contributed by atoms with Gasteiger partial charge in [0.1, 0.15) is 12.1 Å². The van der Waals surface area contributed by atoms with E-state index in [9.17, 15) is 24.3 Å². The lowest BCUT2D eigenvalue weighted by Crippen LogP contribution is -2.53. The summed E-state index contributed by atoms with van der Waals surface area (Å²) in [6.45, 7) is 7.80. The molecule has 1 aliphatic heterocycles. The van der Waals surface area contributed by atoms with Crippen molar-refractivity contribution in [2.45, 2.75) is 71.5 Å². The Hall–Kier alpha value is -2.16. The molecule has 1 fully saturated rings. The van der Waals surface area contributed by atoms with Crippen molar-refractivity contribution < 1.29 is 24.3 Å². The van der Waals surface area contributed by atoms with Gasteiger partial charge in [-0.25, -0.2) is 4.79 Å². The van der Waals surface area contributed by atoms with Crippen LogP contribution in [0, 0.1) is 11.8 Å². The minimum Gasteiger partial charge on any atom is -0.480 e. The number of carboxylic acids is 1. The van der Waals surface area contributed by atoms with E-state index < -0.39 is 35.9 Å². The Kier molecular flexibility index (Phi) is 9.37. The van der Waals surface area contributed by atoms with Crippen LogP contribution in [0.4, 0.5) is 0 Å². The predicted molar refractivity (Wildman–Crippen MR) is 104 cm³/mol. The molecule has 3 unspecified atom stereocenters. The summed E-state index contributed by atoms with van der Waals surface area (Å²) < 4.78 is 0. The highest BCUT2D eigenvalue weighted by Crippen LogP contribution is 2.19. The third kappa shape index (κ3) is 7.46. The third-order valence-corrected chi connectivity index (χ3v) is 4.64. The summed E-state index contributed by atoms with van der Waals surface area (Å²) in [6, 6.07) is -2.29. The number of likely N-dealkylation sites (tertiary alicyclic amines) is 1. The smallest absolute Gasteiger partial charge is 0.326 e. The van der Waals surface area contributed by atoms with E-state index in [1.165, 1.54) is 4.90 Å². The van der Waals surface area contributed by atoms with Crippen LogP contribution < -0.4 is 16.4 Å². The van der Waals surface area contributed by atoms with Gasteiger partial charge in [-0.2, -0.15) is 0 Å². The van der Waals surface area contributed by atoms with E-state index in [0.29, 0.717) is 32.2 Å². The Morgan fingerprint density at radius 1 is 1.11 bits per heavy atom.